The van der Waals surface area contributed by atoms with Crippen molar-refractivity contribution in [3.05, 3.63) is 388 Å². The van der Waals surface area contributed by atoms with Gasteiger partial charge in [-0.15, -0.1) is 0 Å². The molecule has 0 aliphatic carbocycles. The predicted octanol–water partition coefficient (Wildman–Crippen LogP) is 26.4. The summed E-state index contributed by atoms with van der Waals surface area (Å²) >= 11 is 0. The molecule has 0 fully saturated rings. The van der Waals surface area contributed by atoms with Crippen LogP contribution in [0.4, 0.5) is 0 Å². The second kappa shape index (κ2) is 27.5. The molecule has 112 heavy (non-hydrogen) atoms. The Labute approximate surface area is 643 Å². The van der Waals surface area contributed by atoms with Crippen molar-refractivity contribution in [3.63, 3.8) is 0 Å². The minimum Gasteiger partial charge on any atom is -0.456 e. The van der Waals surface area contributed by atoms with Crippen LogP contribution in [0.3, 0.4) is 0 Å². The van der Waals surface area contributed by atoms with Crippen molar-refractivity contribution in [1.29, 1.82) is 0 Å². The summed E-state index contributed by atoms with van der Waals surface area (Å²) in [7, 11) is 0. The van der Waals surface area contributed by atoms with Crippen LogP contribution in [-0.2, 0) is 0 Å². The standard InChI is InChI=1S/2C51H32N4O/c1-4-14-33(15-5-1)35-24-26-37(27-25-35)50-52-49(36-18-8-3-9-19-36)53-51(54-50)40-21-11-13-23-43(40)55-42-22-12-10-20-39(42)47-44(55)29-31-46-48(47)41-32-38(28-30-45(41)56-46)34-16-6-2-7-17-34;1-4-14-33(15-5-1)35-24-26-37(27-25-35)50-52-49(36-18-8-3-9-19-36)53-51(54-50)40-21-11-13-23-43(40)55-42-22-12-10-20-39(42)47-44(55)30-31-45-48(47)41-29-28-38(32-46(41)56-45)34-16-6-2-7-17-34/h2*1-32H. The lowest BCUT2D eigenvalue weighted by Crippen LogP contribution is -2.03. The zero-order chi connectivity index (χ0) is 74.0. The van der Waals surface area contributed by atoms with E-state index in [1.165, 1.54) is 5.56 Å². The minimum atomic E-state index is 0.602. The van der Waals surface area contributed by atoms with E-state index in [9.17, 15) is 0 Å². The topological polar surface area (TPSA) is 113 Å². The zero-order valence-corrected chi connectivity index (χ0v) is 60.3. The maximum atomic E-state index is 6.59. The van der Waals surface area contributed by atoms with E-state index in [1.54, 1.807) is 0 Å². The molecule has 0 N–H and O–H groups in total. The van der Waals surface area contributed by atoms with Crippen molar-refractivity contribution >= 4 is 87.5 Å². The Balaban J connectivity index is 0.000000141. The van der Waals surface area contributed by atoms with E-state index in [1.807, 2.05) is 78.9 Å². The number of fused-ring (bicyclic) bond motifs is 14. The van der Waals surface area contributed by atoms with E-state index in [-0.39, 0.29) is 0 Å². The molecule has 16 aromatic carbocycles. The molecule has 6 aromatic heterocycles. The van der Waals surface area contributed by atoms with Gasteiger partial charge in [-0.2, -0.15) is 0 Å². The van der Waals surface area contributed by atoms with Crippen molar-refractivity contribution in [3.8, 4) is 124 Å². The highest BCUT2D eigenvalue weighted by Crippen LogP contribution is 2.47. The highest BCUT2D eigenvalue weighted by molar-refractivity contribution is 6.29. The molecule has 0 radical (unpaired) electrons. The molecule has 0 amide bonds. The lowest BCUT2D eigenvalue weighted by atomic mass is 10.0. The molecule has 524 valence electrons. The van der Waals surface area contributed by atoms with Crippen LogP contribution in [-0.4, -0.2) is 39.0 Å². The highest BCUT2D eigenvalue weighted by atomic mass is 16.3. The van der Waals surface area contributed by atoms with Gasteiger partial charge in [0.2, 0.25) is 0 Å². The van der Waals surface area contributed by atoms with Gasteiger partial charge >= 0.3 is 0 Å². The first-order valence-electron chi connectivity index (χ1n) is 37.6. The van der Waals surface area contributed by atoms with Gasteiger partial charge in [0.15, 0.2) is 34.9 Å². The van der Waals surface area contributed by atoms with Gasteiger partial charge < -0.3 is 18.0 Å². The lowest BCUT2D eigenvalue weighted by molar-refractivity contribution is 0.669. The van der Waals surface area contributed by atoms with Gasteiger partial charge in [0, 0.05) is 76.5 Å². The molecule has 0 unspecified atom stereocenters. The van der Waals surface area contributed by atoms with Crippen LogP contribution in [0.1, 0.15) is 0 Å². The predicted molar refractivity (Wildman–Crippen MR) is 457 cm³/mol. The Morgan fingerprint density at radius 2 is 0.464 bits per heavy atom. The van der Waals surface area contributed by atoms with E-state index in [4.69, 9.17) is 38.7 Å². The van der Waals surface area contributed by atoms with E-state index >= 15 is 0 Å². The first kappa shape index (κ1) is 65.1. The van der Waals surface area contributed by atoms with Crippen LogP contribution in [0.25, 0.3) is 212 Å². The molecule has 0 bridgehead atoms. The van der Waals surface area contributed by atoms with E-state index in [0.29, 0.717) is 34.9 Å². The number of hydrogen-bond acceptors (Lipinski definition) is 8. The maximum Gasteiger partial charge on any atom is 0.166 e. The van der Waals surface area contributed by atoms with Crippen molar-refractivity contribution in [2.24, 2.45) is 0 Å². The molecule has 22 rings (SSSR count). The molecule has 10 nitrogen and oxygen atoms in total. The highest BCUT2D eigenvalue weighted by Gasteiger charge is 2.26. The summed E-state index contributed by atoms with van der Waals surface area (Å²) in [6.07, 6.45) is 0. The number of hydrogen-bond donors (Lipinski definition) is 0. The van der Waals surface area contributed by atoms with Gasteiger partial charge in [-0.25, -0.2) is 29.9 Å². The molecular formula is C102H64N8O2. The van der Waals surface area contributed by atoms with Gasteiger partial charge in [0.1, 0.15) is 22.3 Å². The van der Waals surface area contributed by atoms with Crippen molar-refractivity contribution in [1.82, 2.24) is 39.0 Å². The molecule has 0 saturated carbocycles. The molecule has 0 atom stereocenters. The summed E-state index contributed by atoms with van der Waals surface area (Å²) in [5, 5.41) is 9.00. The van der Waals surface area contributed by atoms with Crippen LogP contribution in [0.15, 0.2) is 397 Å². The van der Waals surface area contributed by atoms with Crippen LogP contribution in [0, 0.1) is 0 Å². The van der Waals surface area contributed by atoms with Gasteiger partial charge in [0.05, 0.1) is 33.4 Å². The SMILES string of the molecule is c1ccc(-c2ccc(-c3nc(-c4ccccc4)nc(-c4ccccc4-n4c5ccccc5c5c6c(ccc54)oc4cc(-c5ccccc5)ccc46)n3)cc2)cc1.c1ccc(-c2ccc(-c3nc(-c4ccccc4)nc(-c4ccccc4-n4c5ccccc5c5c6c(ccc54)oc4ccc(-c5ccccc5)cc46)n3)cc2)cc1. The second-order valence-corrected chi connectivity index (χ2v) is 28.0. The number of furan rings is 2. The second-order valence-electron chi connectivity index (χ2n) is 28.0. The van der Waals surface area contributed by atoms with Gasteiger partial charge in [-0.3, -0.25) is 0 Å². The average Bonchev–Trinajstić information content (AvgIpc) is 1.56. The first-order valence-corrected chi connectivity index (χ1v) is 37.6. The third-order valence-corrected chi connectivity index (χ3v) is 21.4. The third-order valence-electron chi connectivity index (χ3n) is 21.4. The van der Waals surface area contributed by atoms with Crippen LogP contribution in [0.2, 0.25) is 0 Å². The fourth-order valence-electron chi connectivity index (χ4n) is 16.1. The number of para-hydroxylation sites is 4. The van der Waals surface area contributed by atoms with E-state index in [2.05, 4.69) is 319 Å². The van der Waals surface area contributed by atoms with Gasteiger partial charge in [0.25, 0.3) is 0 Å². The lowest BCUT2D eigenvalue weighted by Gasteiger charge is -2.14. The minimum absolute atomic E-state index is 0.602. The van der Waals surface area contributed by atoms with Crippen LogP contribution in [0.5, 0.6) is 0 Å². The number of aromatic nitrogens is 8. The molecule has 0 aliphatic heterocycles. The Hall–Kier alpha value is -15.3. The molecule has 0 saturated heterocycles. The Bertz CT molecular complexity index is 7320. The fraction of sp³-hybridized carbons (Fsp3) is 0. The molecule has 6 heterocycles. The molecular weight excluding hydrogens is 1370 g/mol. The summed E-state index contributed by atoms with van der Waals surface area (Å²) in [5.41, 5.74) is 24.5. The molecule has 10 heteroatoms. The Kier molecular flexibility index (Phi) is 16.0. The van der Waals surface area contributed by atoms with E-state index in [0.717, 1.165) is 171 Å². The van der Waals surface area contributed by atoms with Crippen molar-refractivity contribution in [2.75, 3.05) is 0 Å². The first-order chi connectivity index (χ1) is 55.5. The van der Waals surface area contributed by atoms with Gasteiger partial charge in [-0.1, -0.05) is 303 Å². The summed E-state index contributed by atoms with van der Waals surface area (Å²) in [5.74, 6) is 3.68. The van der Waals surface area contributed by atoms with Gasteiger partial charge in [-0.05, 0) is 129 Å². The van der Waals surface area contributed by atoms with Crippen molar-refractivity contribution in [2.45, 2.75) is 0 Å². The fourth-order valence-corrected chi connectivity index (χ4v) is 16.1. The summed E-state index contributed by atoms with van der Waals surface area (Å²) < 4.78 is 17.8. The quantitative estimate of drug-likeness (QED) is 0.119. The Morgan fingerprint density at radius 3 is 0.902 bits per heavy atom. The van der Waals surface area contributed by atoms with E-state index < -0.39 is 0 Å². The van der Waals surface area contributed by atoms with Crippen LogP contribution >= 0.6 is 0 Å². The number of nitrogens with zero attached hydrogens (tertiary/aromatic N) is 8. The molecule has 0 spiro atoms. The summed E-state index contributed by atoms with van der Waals surface area (Å²) in [4.78, 5) is 30.8. The Morgan fingerprint density at radius 1 is 0.170 bits per heavy atom. The largest absolute Gasteiger partial charge is 0.456 e. The molecule has 0 aliphatic rings. The van der Waals surface area contributed by atoms with Crippen LogP contribution < -0.4 is 0 Å². The molecule has 22 aromatic rings. The summed E-state index contributed by atoms with van der Waals surface area (Å²) in [6.45, 7) is 0. The van der Waals surface area contributed by atoms with Crippen molar-refractivity contribution < 1.29 is 8.83 Å². The number of rotatable bonds is 12. The average molecular weight is 1430 g/mol. The normalized spacial score (nSPS) is 11.6. The summed E-state index contributed by atoms with van der Waals surface area (Å²) in [6, 6.07) is 135. The number of benzene rings is 16. The maximum absolute atomic E-state index is 6.59. The zero-order valence-electron chi connectivity index (χ0n) is 60.3. The third kappa shape index (κ3) is 11.5. The monoisotopic (exact) mass is 1430 g/mol. The smallest absolute Gasteiger partial charge is 0.166 e.